The summed E-state index contributed by atoms with van der Waals surface area (Å²) in [4.78, 5) is 17.5. The van der Waals surface area contributed by atoms with E-state index in [4.69, 9.17) is 9.72 Å². The van der Waals surface area contributed by atoms with Gasteiger partial charge in [-0.3, -0.25) is 0 Å². The molecule has 1 heterocycles. The molecule has 4 aromatic rings. The smallest absolute Gasteiger partial charge is 0.343 e. The Morgan fingerprint density at radius 3 is 2.29 bits per heavy atom. The van der Waals surface area contributed by atoms with Crippen molar-refractivity contribution in [3.63, 3.8) is 0 Å². The number of esters is 1. The van der Waals surface area contributed by atoms with Crippen molar-refractivity contribution in [3.05, 3.63) is 95.5 Å². The van der Waals surface area contributed by atoms with Gasteiger partial charge in [0.15, 0.2) is 6.61 Å². The molecular weight excluding hydrogens is 406 g/mol. The van der Waals surface area contributed by atoms with Gasteiger partial charge < -0.3 is 9.47 Å². The second-order valence-electron chi connectivity index (χ2n) is 7.03. The first-order chi connectivity index (χ1) is 15.2. The number of methoxy groups -OCH3 is 1. The zero-order valence-corrected chi connectivity index (χ0v) is 18.1. The third kappa shape index (κ3) is 5.38. The Kier molecular flexibility index (Phi) is 6.75. The van der Waals surface area contributed by atoms with Crippen LogP contribution in [-0.2, 0) is 22.4 Å². The average molecular weight is 430 g/mol. The van der Waals surface area contributed by atoms with Crippen LogP contribution in [0.4, 0.5) is 0 Å². The Balaban J connectivity index is 1.53. The van der Waals surface area contributed by atoms with E-state index in [1.807, 2.05) is 42.5 Å². The van der Waals surface area contributed by atoms with Crippen molar-refractivity contribution in [3.8, 4) is 27.4 Å². The van der Waals surface area contributed by atoms with Gasteiger partial charge >= 0.3 is 5.97 Å². The highest BCUT2D eigenvalue weighted by Crippen LogP contribution is 2.37. The van der Waals surface area contributed by atoms with E-state index in [1.165, 1.54) is 17.6 Å². The Bertz CT molecular complexity index is 1080. The molecule has 0 radical (unpaired) electrons. The summed E-state index contributed by atoms with van der Waals surface area (Å²) in [7, 11) is 1.35. The lowest BCUT2D eigenvalue weighted by molar-refractivity contribution is -0.142. The molecule has 0 saturated carbocycles. The van der Waals surface area contributed by atoms with Gasteiger partial charge in [-0.1, -0.05) is 72.8 Å². The first-order valence-corrected chi connectivity index (χ1v) is 10.9. The largest absolute Gasteiger partial charge is 0.482 e. The van der Waals surface area contributed by atoms with Crippen LogP contribution in [0.1, 0.15) is 10.6 Å². The summed E-state index contributed by atoms with van der Waals surface area (Å²) >= 11 is 1.74. The van der Waals surface area contributed by atoms with Crippen molar-refractivity contribution >= 4 is 17.3 Å². The fraction of sp³-hybridized carbons (Fsp3) is 0.154. The number of hydrogen-bond donors (Lipinski definition) is 0. The van der Waals surface area contributed by atoms with Crippen molar-refractivity contribution in [2.24, 2.45) is 0 Å². The van der Waals surface area contributed by atoms with Crippen molar-refractivity contribution < 1.29 is 14.3 Å². The number of ether oxygens (including phenoxy) is 2. The molecule has 0 fully saturated rings. The van der Waals surface area contributed by atoms with Gasteiger partial charge in [-0.15, -0.1) is 11.3 Å². The van der Waals surface area contributed by atoms with Gasteiger partial charge in [0.2, 0.25) is 0 Å². The summed E-state index contributed by atoms with van der Waals surface area (Å²) in [6, 6.07) is 28.5. The molecule has 0 spiro atoms. The van der Waals surface area contributed by atoms with Gasteiger partial charge in [-0.25, -0.2) is 9.78 Å². The molecule has 31 heavy (non-hydrogen) atoms. The van der Waals surface area contributed by atoms with Crippen LogP contribution in [0.15, 0.2) is 84.9 Å². The van der Waals surface area contributed by atoms with Crippen LogP contribution in [0.2, 0.25) is 0 Å². The van der Waals surface area contributed by atoms with E-state index in [-0.39, 0.29) is 6.61 Å². The van der Waals surface area contributed by atoms with Gasteiger partial charge in [-0.05, 0) is 29.7 Å². The van der Waals surface area contributed by atoms with Crippen LogP contribution < -0.4 is 4.74 Å². The van der Waals surface area contributed by atoms with Crippen LogP contribution in [-0.4, -0.2) is 24.7 Å². The van der Waals surface area contributed by atoms with Crippen molar-refractivity contribution in [2.75, 3.05) is 13.7 Å². The van der Waals surface area contributed by atoms with Gasteiger partial charge in [0.25, 0.3) is 0 Å². The maximum atomic E-state index is 11.3. The summed E-state index contributed by atoms with van der Waals surface area (Å²) in [5, 5.41) is 1.10. The van der Waals surface area contributed by atoms with Crippen LogP contribution in [0.3, 0.4) is 0 Å². The minimum atomic E-state index is -0.393. The second kappa shape index (κ2) is 10.0. The fourth-order valence-electron chi connectivity index (χ4n) is 3.29. The monoisotopic (exact) mass is 429 g/mol. The maximum absolute atomic E-state index is 11.3. The quantitative estimate of drug-likeness (QED) is 0.332. The molecule has 0 atom stereocenters. The molecule has 3 aromatic carbocycles. The molecule has 0 N–H and O–H groups in total. The molecule has 0 aliphatic heterocycles. The number of carbonyl (C=O) groups is 1. The van der Waals surface area contributed by atoms with Crippen LogP contribution >= 0.6 is 11.3 Å². The number of thiazole rings is 1. The minimum absolute atomic E-state index is 0.0900. The lowest BCUT2D eigenvalue weighted by Crippen LogP contribution is -2.12. The molecule has 0 aliphatic rings. The first-order valence-electron chi connectivity index (χ1n) is 10.1. The van der Waals surface area contributed by atoms with Gasteiger partial charge in [-0.2, -0.15) is 0 Å². The summed E-state index contributed by atoms with van der Waals surface area (Å²) in [6.07, 6.45) is 1.67. The van der Waals surface area contributed by atoms with Gasteiger partial charge in [0.05, 0.1) is 22.7 Å². The molecular formula is C26H23NO3S. The third-order valence-corrected chi connectivity index (χ3v) is 6.03. The predicted octanol–water partition coefficient (Wildman–Crippen LogP) is 5.81. The number of benzene rings is 3. The Labute approximate surface area is 186 Å². The zero-order valence-electron chi connectivity index (χ0n) is 17.3. The Morgan fingerprint density at radius 2 is 1.58 bits per heavy atom. The minimum Gasteiger partial charge on any atom is -0.482 e. The van der Waals surface area contributed by atoms with E-state index in [9.17, 15) is 4.79 Å². The molecule has 4 rings (SSSR count). The maximum Gasteiger partial charge on any atom is 0.343 e. The predicted molar refractivity (Wildman–Crippen MR) is 124 cm³/mol. The third-order valence-electron chi connectivity index (χ3n) is 4.87. The van der Waals surface area contributed by atoms with Crippen molar-refractivity contribution in [1.29, 1.82) is 0 Å². The number of aryl methyl sites for hydroxylation is 2. The van der Waals surface area contributed by atoms with E-state index >= 15 is 0 Å². The number of aromatic nitrogens is 1. The van der Waals surface area contributed by atoms with E-state index < -0.39 is 5.97 Å². The van der Waals surface area contributed by atoms with E-state index in [1.54, 1.807) is 11.3 Å². The molecule has 4 nitrogen and oxygen atoms in total. The first kappa shape index (κ1) is 20.8. The molecule has 0 unspecified atom stereocenters. The number of nitrogens with zero attached hydrogens (tertiary/aromatic N) is 1. The summed E-state index contributed by atoms with van der Waals surface area (Å²) in [5.41, 5.74) is 4.48. The molecule has 0 saturated heterocycles. The molecule has 156 valence electrons. The molecule has 5 heteroatoms. The zero-order chi connectivity index (χ0) is 21.5. The normalized spacial score (nSPS) is 10.6. The lowest BCUT2D eigenvalue weighted by atomic mass is 10.1. The topological polar surface area (TPSA) is 48.4 Å². The van der Waals surface area contributed by atoms with E-state index in [0.717, 1.165) is 34.7 Å². The second-order valence-corrected chi connectivity index (χ2v) is 8.11. The lowest BCUT2D eigenvalue weighted by Gasteiger charge is -2.06. The Morgan fingerprint density at radius 1 is 0.871 bits per heavy atom. The molecule has 0 aliphatic carbocycles. The number of hydrogen-bond acceptors (Lipinski definition) is 5. The number of carbonyl (C=O) groups excluding carboxylic acids is 1. The van der Waals surface area contributed by atoms with Gasteiger partial charge in [0.1, 0.15) is 5.75 Å². The SMILES string of the molecule is COC(=O)COc1cccc(CCc2nc(-c3ccccc3)c(-c3ccccc3)s2)c1. The van der Waals surface area contributed by atoms with Crippen LogP contribution in [0.5, 0.6) is 5.75 Å². The standard InChI is InChI=1S/C26H23NO3S/c1-29-24(28)18-30-22-14-8-9-19(17-22)15-16-23-27-25(20-10-4-2-5-11-20)26(31-23)21-12-6-3-7-13-21/h2-14,17H,15-16,18H2,1H3. The van der Waals surface area contributed by atoms with E-state index in [2.05, 4.69) is 47.2 Å². The van der Waals surface area contributed by atoms with Crippen molar-refractivity contribution in [2.45, 2.75) is 12.8 Å². The van der Waals surface area contributed by atoms with Gasteiger partial charge in [0, 0.05) is 12.0 Å². The number of rotatable bonds is 8. The summed E-state index contributed by atoms with van der Waals surface area (Å²) in [5.74, 6) is 0.270. The Hall–Kier alpha value is -3.44. The highest BCUT2D eigenvalue weighted by atomic mass is 32.1. The van der Waals surface area contributed by atoms with Crippen LogP contribution in [0, 0.1) is 0 Å². The molecule has 1 aromatic heterocycles. The van der Waals surface area contributed by atoms with Crippen molar-refractivity contribution in [1.82, 2.24) is 4.98 Å². The highest BCUT2D eigenvalue weighted by molar-refractivity contribution is 7.15. The van der Waals surface area contributed by atoms with E-state index in [0.29, 0.717) is 5.75 Å². The highest BCUT2D eigenvalue weighted by Gasteiger charge is 2.15. The summed E-state index contributed by atoms with van der Waals surface area (Å²) in [6.45, 7) is -0.0900. The summed E-state index contributed by atoms with van der Waals surface area (Å²) < 4.78 is 10.1. The average Bonchev–Trinajstić information content (AvgIpc) is 3.27. The molecule has 0 amide bonds. The fourth-order valence-corrected chi connectivity index (χ4v) is 4.38. The van der Waals surface area contributed by atoms with Crippen LogP contribution in [0.25, 0.3) is 21.7 Å². The molecule has 0 bridgehead atoms.